The Kier molecular flexibility index (Phi) is 4.61. The molecule has 0 spiro atoms. The number of hydrogen-bond acceptors (Lipinski definition) is 3. The number of nitrogen functional groups attached to an aromatic ring is 1. The highest BCUT2D eigenvalue weighted by Crippen LogP contribution is 2.35. The van der Waals surface area contributed by atoms with Crippen LogP contribution in [0.15, 0.2) is 59.5 Å². The normalized spacial score (nSPS) is 10.7. The van der Waals surface area contributed by atoms with Crippen LogP contribution in [0.2, 0.25) is 0 Å². The molecule has 0 aliphatic carbocycles. The maximum atomic E-state index is 12.2. The molecule has 0 amide bonds. The predicted octanol–water partition coefficient (Wildman–Crippen LogP) is 4.30. The summed E-state index contributed by atoms with van der Waals surface area (Å²) in [5.74, 6) is 1.47. The van der Waals surface area contributed by atoms with Crippen molar-refractivity contribution in [1.82, 2.24) is 4.57 Å². The quantitative estimate of drug-likeness (QED) is 0.724. The number of pyridine rings is 1. The lowest BCUT2D eigenvalue weighted by Crippen LogP contribution is -2.20. The van der Waals surface area contributed by atoms with Crippen LogP contribution in [0.25, 0.3) is 11.1 Å². The van der Waals surface area contributed by atoms with Crippen LogP contribution < -0.4 is 16.0 Å². The third kappa shape index (κ3) is 3.58. The molecule has 0 fully saturated rings. The molecule has 25 heavy (non-hydrogen) atoms. The Morgan fingerprint density at radius 1 is 1.08 bits per heavy atom. The van der Waals surface area contributed by atoms with Gasteiger partial charge in [0.15, 0.2) is 0 Å². The zero-order valence-electron chi connectivity index (χ0n) is 14.7. The first-order valence-corrected chi connectivity index (χ1v) is 8.32. The van der Waals surface area contributed by atoms with E-state index in [0.717, 1.165) is 22.4 Å². The van der Waals surface area contributed by atoms with Gasteiger partial charge in [-0.3, -0.25) is 4.79 Å². The molecular weight excluding hydrogens is 312 g/mol. The molecular formula is C21H22N2O2. The fraction of sp³-hybridized carbons (Fsp3) is 0.190. The van der Waals surface area contributed by atoms with E-state index in [1.54, 1.807) is 11.6 Å². The van der Waals surface area contributed by atoms with Gasteiger partial charge < -0.3 is 15.0 Å². The zero-order valence-corrected chi connectivity index (χ0v) is 14.7. The van der Waals surface area contributed by atoms with Crippen molar-refractivity contribution in [3.63, 3.8) is 0 Å². The van der Waals surface area contributed by atoms with Gasteiger partial charge in [0.2, 0.25) is 0 Å². The van der Waals surface area contributed by atoms with Gasteiger partial charge in [0, 0.05) is 35.6 Å². The minimum absolute atomic E-state index is 0.0242. The smallest absolute Gasteiger partial charge is 0.253 e. The highest BCUT2D eigenvalue weighted by molar-refractivity contribution is 5.74. The molecule has 4 heteroatoms. The predicted molar refractivity (Wildman–Crippen MR) is 102 cm³/mol. The van der Waals surface area contributed by atoms with E-state index in [-0.39, 0.29) is 5.56 Å². The lowest BCUT2D eigenvalue weighted by atomic mass is 10.0. The van der Waals surface area contributed by atoms with Gasteiger partial charge in [0.1, 0.15) is 11.5 Å². The SMILES string of the molecule is CCc1cc(-c2cc(N)ccc2Oc2ccc(C)cc2)cn(C)c1=O. The number of nitrogens with two attached hydrogens (primary N) is 1. The minimum Gasteiger partial charge on any atom is -0.457 e. The molecule has 0 bridgehead atoms. The van der Waals surface area contributed by atoms with Gasteiger partial charge in [-0.2, -0.15) is 0 Å². The second-order valence-corrected chi connectivity index (χ2v) is 6.19. The van der Waals surface area contributed by atoms with Gasteiger partial charge in [-0.25, -0.2) is 0 Å². The largest absolute Gasteiger partial charge is 0.457 e. The van der Waals surface area contributed by atoms with E-state index in [1.165, 1.54) is 5.56 Å². The maximum Gasteiger partial charge on any atom is 0.253 e. The number of ether oxygens (including phenoxy) is 1. The molecule has 1 heterocycles. The van der Waals surface area contributed by atoms with Crippen molar-refractivity contribution >= 4 is 5.69 Å². The second kappa shape index (κ2) is 6.85. The molecule has 4 nitrogen and oxygen atoms in total. The van der Waals surface area contributed by atoms with E-state index in [4.69, 9.17) is 10.5 Å². The number of aryl methyl sites for hydroxylation is 3. The highest BCUT2D eigenvalue weighted by Gasteiger charge is 2.12. The number of nitrogens with zero attached hydrogens (tertiary/aromatic N) is 1. The summed E-state index contributed by atoms with van der Waals surface area (Å²) < 4.78 is 7.68. The fourth-order valence-electron chi connectivity index (χ4n) is 2.78. The van der Waals surface area contributed by atoms with Crippen LogP contribution in [0.3, 0.4) is 0 Å². The first-order chi connectivity index (χ1) is 12.0. The molecule has 2 N–H and O–H groups in total. The van der Waals surface area contributed by atoms with Crippen LogP contribution in [0.1, 0.15) is 18.1 Å². The van der Waals surface area contributed by atoms with Crippen molar-refractivity contribution in [1.29, 1.82) is 0 Å². The van der Waals surface area contributed by atoms with Crippen LogP contribution >= 0.6 is 0 Å². The Bertz CT molecular complexity index is 957. The number of anilines is 1. The lowest BCUT2D eigenvalue weighted by Gasteiger charge is -2.14. The zero-order chi connectivity index (χ0) is 18.0. The molecule has 128 valence electrons. The first kappa shape index (κ1) is 16.8. The lowest BCUT2D eigenvalue weighted by molar-refractivity contribution is 0.484. The molecule has 0 radical (unpaired) electrons. The molecule has 0 aliphatic rings. The summed E-state index contributed by atoms with van der Waals surface area (Å²) in [5.41, 5.74) is 10.4. The second-order valence-electron chi connectivity index (χ2n) is 6.19. The van der Waals surface area contributed by atoms with Gasteiger partial charge in [0.25, 0.3) is 5.56 Å². The molecule has 3 rings (SSSR count). The monoisotopic (exact) mass is 334 g/mol. The van der Waals surface area contributed by atoms with Gasteiger partial charge >= 0.3 is 0 Å². The van der Waals surface area contributed by atoms with Crippen LogP contribution in [-0.4, -0.2) is 4.57 Å². The standard InChI is InChI=1S/C21H22N2O2/c1-4-15-11-16(13-23(3)21(15)24)19-12-17(22)7-10-20(19)25-18-8-5-14(2)6-9-18/h5-13H,4,22H2,1-3H3. The van der Waals surface area contributed by atoms with Gasteiger partial charge in [-0.05, 0) is 49.7 Å². The molecule has 1 aromatic heterocycles. The topological polar surface area (TPSA) is 57.2 Å². The Morgan fingerprint density at radius 3 is 2.48 bits per heavy atom. The average molecular weight is 334 g/mol. The summed E-state index contributed by atoms with van der Waals surface area (Å²) in [6.45, 7) is 4.01. The van der Waals surface area contributed by atoms with E-state index in [0.29, 0.717) is 17.9 Å². The Labute approximate surface area is 147 Å². The number of aromatic nitrogens is 1. The van der Waals surface area contributed by atoms with Gasteiger partial charge in [-0.15, -0.1) is 0 Å². The summed E-state index contributed by atoms with van der Waals surface area (Å²) in [6.07, 6.45) is 2.50. The van der Waals surface area contributed by atoms with Crippen molar-refractivity contribution in [2.45, 2.75) is 20.3 Å². The molecule has 0 saturated heterocycles. The van der Waals surface area contributed by atoms with Crippen molar-refractivity contribution in [3.8, 4) is 22.6 Å². The maximum absolute atomic E-state index is 12.2. The number of hydrogen-bond donors (Lipinski definition) is 1. The number of rotatable bonds is 4. The third-order valence-corrected chi connectivity index (χ3v) is 4.20. The molecule has 3 aromatic rings. The van der Waals surface area contributed by atoms with Crippen LogP contribution in [-0.2, 0) is 13.5 Å². The summed E-state index contributed by atoms with van der Waals surface area (Å²) in [4.78, 5) is 12.2. The van der Waals surface area contributed by atoms with E-state index in [9.17, 15) is 4.79 Å². The Balaban J connectivity index is 2.10. The van der Waals surface area contributed by atoms with E-state index in [1.807, 2.05) is 68.6 Å². The van der Waals surface area contributed by atoms with Gasteiger partial charge in [-0.1, -0.05) is 24.6 Å². The Hall–Kier alpha value is -3.01. The van der Waals surface area contributed by atoms with Crippen molar-refractivity contribution in [2.75, 3.05) is 5.73 Å². The van der Waals surface area contributed by atoms with Gasteiger partial charge in [0.05, 0.1) is 0 Å². The molecule has 0 atom stereocenters. The third-order valence-electron chi connectivity index (χ3n) is 4.20. The Morgan fingerprint density at radius 2 is 1.80 bits per heavy atom. The van der Waals surface area contributed by atoms with Crippen molar-refractivity contribution < 1.29 is 4.74 Å². The molecule has 0 unspecified atom stereocenters. The van der Waals surface area contributed by atoms with Crippen LogP contribution in [0, 0.1) is 6.92 Å². The summed E-state index contributed by atoms with van der Waals surface area (Å²) >= 11 is 0. The average Bonchev–Trinajstić information content (AvgIpc) is 2.60. The minimum atomic E-state index is 0.0242. The molecule has 0 aliphatic heterocycles. The number of benzene rings is 2. The van der Waals surface area contributed by atoms with E-state index < -0.39 is 0 Å². The van der Waals surface area contributed by atoms with E-state index >= 15 is 0 Å². The summed E-state index contributed by atoms with van der Waals surface area (Å²) in [7, 11) is 1.76. The highest BCUT2D eigenvalue weighted by atomic mass is 16.5. The fourth-order valence-corrected chi connectivity index (χ4v) is 2.78. The summed E-state index contributed by atoms with van der Waals surface area (Å²) in [6, 6.07) is 15.4. The summed E-state index contributed by atoms with van der Waals surface area (Å²) in [5, 5.41) is 0. The van der Waals surface area contributed by atoms with Crippen molar-refractivity contribution in [3.05, 3.63) is 76.2 Å². The van der Waals surface area contributed by atoms with Crippen molar-refractivity contribution in [2.24, 2.45) is 7.05 Å². The van der Waals surface area contributed by atoms with Crippen LogP contribution in [0.5, 0.6) is 11.5 Å². The molecule has 0 saturated carbocycles. The van der Waals surface area contributed by atoms with E-state index in [2.05, 4.69) is 0 Å². The first-order valence-electron chi connectivity index (χ1n) is 8.32. The molecule has 2 aromatic carbocycles. The van der Waals surface area contributed by atoms with Crippen LogP contribution in [0.4, 0.5) is 5.69 Å².